The number of hydrogen-bond donors (Lipinski definition) is 0. The number of rotatable bonds is 7. The molecule has 14 heavy (non-hydrogen) atoms. The molecule has 0 aromatic heterocycles. The van der Waals surface area contributed by atoms with Crippen molar-refractivity contribution in [2.45, 2.75) is 53.4 Å². The van der Waals surface area contributed by atoms with Crippen molar-refractivity contribution in [3.05, 3.63) is 11.6 Å². The molecule has 1 heteroatoms. The Balaban J connectivity index is 4.03. The largest absolute Gasteiger partial charge is 0.298 e. The van der Waals surface area contributed by atoms with E-state index in [0.29, 0.717) is 5.92 Å². The Hall–Kier alpha value is -0.590. The average Bonchev–Trinajstić information content (AvgIpc) is 2.12. The number of allylic oxidation sites excluding steroid dienone is 2. The summed E-state index contributed by atoms with van der Waals surface area (Å²) in [6, 6.07) is 0. The van der Waals surface area contributed by atoms with Gasteiger partial charge in [0.2, 0.25) is 0 Å². The number of carbonyl (C=O) groups excluding carboxylic acids is 1. The molecule has 0 N–H and O–H groups in total. The molecule has 0 rings (SSSR count). The molecule has 1 unspecified atom stereocenters. The van der Waals surface area contributed by atoms with Crippen molar-refractivity contribution in [1.82, 2.24) is 0 Å². The van der Waals surface area contributed by atoms with Crippen LogP contribution < -0.4 is 0 Å². The van der Waals surface area contributed by atoms with Gasteiger partial charge in [0.1, 0.15) is 6.29 Å². The quantitative estimate of drug-likeness (QED) is 0.444. The minimum absolute atomic E-state index is 0.435. The first-order valence-electron chi connectivity index (χ1n) is 5.77. The Labute approximate surface area is 88.6 Å². The predicted octanol–water partition coefficient (Wildman–Crippen LogP) is 3.98. The first-order chi connectivity index (χ1) is 6.61. The Bertz CT molecular complexity index is 180. The van der Waals surface area contributed by atoms with Crippen LogP contribution in [0.3, 0.4) is 0 Å². The van der Waals surface area contributed by atoms with Gasteiger partial charge in [-0.05, 0) is 36.7 Å². The Morgan fingerprint density at radius 3 is 2.29 bits per heavy atom. The van der Waals surface area contributed by atoms with Crippen LogP contribution in [0.15, 0.2) is 11.6 Å². The van der Waals surface area contributed by atoms with Gasteiger partial charge in [0, 0.05) is 0 Å². The maximum Gasteiger partial charge on any atom is 0.145 e. The highest BCUT2D eigenvalue weighted by atomic mass is 16.1. The van der Waals surface area contributed by atoms with Crippen molar-refractivity contribution < 1.29 is 4.79 Å². The molecule has 0 aromatic carbocycles. The van der Waals surface area contributed by atoms with E-state index in [0.717, 1.165) is 37.0 Å². The zero-order valence-corrected chi connectivity index (χ0v) is 10.0. The molecule has 0 heterocycles. The molecule has 1 atom stereocenters. The molecule has 82 valence electrons. The van der Waals surface area contributed by atoms with E-state index in [9.17, 15) is 4.79 Å². The predicted molar refractivity (Wildman–Crippen MR) is 62.3 cm³/mol. The van der Waals surface area contributed by atoms with Gasteiger partial charge in [0.05, 0.1) is 0 Å². The van der Waals surface area contributed by atoms with E-state index in [2.05, 4.69) is 33.8 Å². The van der Waals surface area contributed by atoms with Crippen molar-refractivity contribution >= 4 is 6.29 Å². The SMILES string of the molecule is CCCC(C)/C(C=O)=C/CCC(C)C. The fraction of sp³-hybridized carbons (Fsp3) is 0.769. The highest BCUT2D eigenvalue weighted by Gasteiger charge is 2.06. The minimum Gasteiger partial charge on any atom is -0.298 e. The average molecular weight is 196 g/mol. The van der Waals surface area contributed by atoms with Crippen molar-refractivity contribution in [3.63, 3.8) is 0 Å². The van der Waals surface area contributed by atoms with Crippen LogP contribution in [-0.4, -0.2) is 6.29 Å². The fourth-order valence-electron chi connectivity index (χ4n) is 1.55. The molecule has 0 radical (unpaired) electrons. The molecule has 0 aliphatic carbocycles. The molecule has 0 fully saturated rings. The summed E-state index contributed by atoms with van der Waals surface area (Å²) in [5, 5.41) is 0. The molecule has 0 aromatic rings. The van der Waals surface area contributed by atoms with Crippen molar-refractivity contribution in [3.8, 4) is 0 Å². The van der Waals surface area contributed by atoms with Crippen LogP contribution in [0.25, 0.3) is 0 Å². The van der Waals surface area contributed by atoms with E-state index in [1.807, 2.05) is 0 Å². The molecule has 0 saturated carbocycles. The van der Waals surface area contributed by atoms with E-state index in [1.54, 1.807) is 0 Å². The fourth-order valence-corrected chi connectivity index (χ4v) is 1.55. The lowest BCUT2D eigenvalue weighted by atomic mass is 9.95. The lowest BCUT2D eigenvalue weighted by Gasteiger charge is -2.09. The topological polar surface area (TPSA) is 17.1 Å². The summed E-state index contributed by atoms with van der Waals surface area (Å²) in [7, 11) is 0. The number of hydrogen-bond acceptors (Lipinski definition) is 1. The maximum absolute atomic E-state index is 10.8. The summed E-state index contributed by atoms with van der Waals surface area (Å²) < 4.78 is 0. The van der Waals surface area contributed by atoms with Gasteiger partial charge in [-0.25, -0.2) is 0 Å². The molecular weight excluding hydrogens is 172 g/mol. The summed E-state index contributed by atoms with van der Waals surface area (Å²) in [6.07, 6.45) is 7.63. The smallest absolute Gasteiger partial charge is 0.145 e. The number of carbonyl (C=O) groups is 1. The Kier molecular flexibility index (Phi) is 7.45. The highest BCUT2D eigenvalue weighted by Crippen LogP contribution is 2.16. The van der Waals surface area contributed by atoms with Crippen molar-refractivity contribution in [1.29, 1.82) is 0 Å². The van der Waals surface area contributed by atoms with Gasteiger partial charge < -0.3 is 0 Å². The van der Waals surface area contributed by atoms with Gasteiger partial charge >= 0.3 is 0 Å². The van der Waals surface area contributed by atoms with Gasteiger partial charge in [0.15, 0.2) is 0 Å². The van der Waals surface area contributed by atoms with E-state index in [4.69, 9.17) is 0 Å². The summed E-state index contributed by atoms with van der Waals surface area (Å²) in [4.78, 5) is 10.8. The first kappa shape index (κ1) is 13.4. The lowest BCUT2D eigenvalue weighted by molar-refractivity contribution is -0.105. The zero-order valence-electron chi connectivity index (χ0n) is 10.0. The minimum atomic E-state index is 0.435. The molecule has 1 nitrogen and oxygen atoms in total. The third-order valence-electron chi connectivity index (χ3n) is 2.55. The standard InChI is InChI=1S/C13H24O/c1-5-7-12(4)13(10-14)9-6-8-11(2)3/h9-12H,5-8H2,1-4H3/b13-9+. The normalized spacial score (nSPS) is 14.5. The summed E-state index contributed by atoms with van der Waals surface area (Å²) in [5.74, 6) is 1.16. The monoisotopic (exact) mass is 196 g/mol. The Morgan fingerprint density at radius 1 is 1.21 bits per heavy atom. The molecule has 0 aliphatic rings. The second-order valence-corrected chi connectivity index (χ2v) is 4.48. The van der Waals surface area contributed by atoms with Crippen LogP contribution in [0.5, 0.6) is 0 Å². The van der Waals surface area contributed by atoms with Gasteiger partial charge in [0.25, 0.3) is 0 Å². The summed E-state index contributed by atoms with van der Waals surface area (Å²) >= 11 is 0. The van der Waals surface area contributed by atoms with Gasteiger partial charge in [-0.1, -0.05) is 40.2 Å². The summed E-state index contributed by atoms with van der Waals surface area (Å²) in [5.41, 5.74) is 0.993. The van der Waals surface area contributed by atoms with Crippen LogP contribution in [0, 0.1) is 11.8 Å². The molecule has 0 aliphatic heterocycles. The second kappa shape index (κ2) is 7.78. The highest BCUT2D eigenvalue weighted by molar-refractivity contribution is 5.73. The van der Waals surface area contributed by atoms with Crippen molar-refractivity contribution in [2.24, 2.45) is 11.8 Å². The second-order valence-electron chi connectivity index (χ2n) is 4.48. The zero-order chi connectivity index (χ0) is 11.0. The first-order valence-corrected chi connectivity index (χ1v) is 5.77. The summed E-state index contributed by atoms with van der Waals surface area (Å²) in [6.45, 7) is 8.72. The third-order valence-corrected chi connectivity index (χ3v) is 2.55. The molecule has 0 spiro atoms. The Morgan fingerprint density at radius 2 is 1.86 bits per heavy atom. The molecular formula is C13H24O. The van der Waals surface area contributed by atoms with Crippen LogP contribution in [0.2, 0.25) is 0 Å². The van der Waals surface area contributed by atoms with Gasteiger partial charge in [-0.2, -0.15) is 0 Å². The molecule has 0 bridgehead atoms. The number of aldehydes is 1. The van der Waals surface area contributed by atoms with Crippen molar-refractivity contribution in [2.75, 3.05) is 0 Å². The third kappa shape index (κ3) is 5.95. The molecule has 0 saturated heterocycles. The van der Waals surface area contributed by atoms with Gasteiger partial charge in [-0.15, -0.1) is 0 Å². The lowest BCUT2D eigenvalue weighted by Crippen LogP contribution is -2.00. The van der Waals surface area contributed by atoms with E-state index >= 15 is 0 Å². The van der Waals surface area contributed by atoms with Crippen LogP contribution in [-0.2, 0) is 4.79 Å². The van der Waals surface area contributed by atoms with Crippen LogP contribution in [0.1, 0.15) is 53.4 Å². The van der Waals surface area contributed by atoms with E-state index in [-0.39, 0.29) is 0 Å². The van der Waals surface area contributed by atoms with E-state index < -0.39 is 0 Å². The molecule has 0 amide bonds. The van der Waals surface area contributed by atoms with Gasteiger partial charge in [-0.3, -0.25) is 4.79 Å². The van der Waals surface area contributed by atoms with Crippen LogP contribution in [0.4, 0.5) is 0 Å². The maximum atomic E-state index is 10.8. The van der Waals surface area contributed by atoms with E-state index in [1.165, 1.54) is 6.42 Å². The van der Waals surface area contributed by atoms with Crippen LogP contribution >= 0.6 is 0 Å².